The summed E-state index contributed by atoms with van der Waals surface area (Å²) in [5.74, 6) is -1.42. The van der Waals surface area contributed by atoms with Crippen molar-refractivity contribution in [3.8, 4) is 0 Å². The number of carbonyl (C=O) groups is 1. The van der Waals surface area contributed by atoms with Crippen molar-refractivity contribution in [2.75, 3.05) is 13.1 Å². The number of carboxylic acids is 1. The Bertz CT molecular complexity index is 623. The van der Waals surface area contributed by atoms with Crippen LogP contribution in [0, 0.1) is 17.8 Å². The summed E-state index contributed by atoms with van der Waals surface area (Å²) in [5.41, 5.74) is 0. The third kappa shape index (κ3) is 3.26. The van der Waals surface area contributed by atoms with Gasteiger partial charge in [0.2, 0.25) is 0 Å². The predicted octanol–water partition coefficient (Wildman–Crippen LogP) is 0.880. The van der Waals surface area contributed by atoms with E-state index in [1.807, 2.05) is 13.8 Å². The van der Waals surface area contributed by atoms with Gasteiger partial charge in [-0.3, -0.25) is 4.79 Å². The molecule has 1 N–H and O–H groups in total. The lowest BCUT2D eigenvalue weighted by Gasteiger charge is -2.13. The molecule has 1 aliphatic heterocycles. The lowest BCUT2D eigenvalue weighted by Crippen LogP contribution is -2.30. The van der Waals surface area contributed by atoms with Crippen LogP contribution in [-0.2, 0) is 21.4 Å². The Morgan fingerprint density at radius 3 is 2.67 bits per heavy atom. The van der Waals surface area contributed by atoms with Gasteiger partial charge in [-0.25, -0.2) is 13.4 Å². The maximum Gasteiger partial charge on any atom is 0.308 e. The van der Waals surface area contributed by atoms with Crippen LogP contribution in [0.1, 0.15) is 20.8 Å². The standard InChI is InChI=1S/C13H21N3O4S/c1-9(2)4-15-7-12(14-8-15)21(19,20)16-5-10(3)11(6-16)13(17)18/h7-11H,4-6H2,1-3H3,(H,17,18)/t10-,11-/m1/s1. The van der Waals surface area contributed by atoms with E-state index in [-0.39, 0.29) is 24.0 Å². The first-order valence-electron chi connectivity index (χ1n) is 6.96. The number of hydrogen-bond donors (Lipinski definition) is 1. The minimum atomic E-state index is -3.71. The average Bonchev–Trinajstić information content (AvgIpc) is 2.95. The summed E-state index contributed by atoms with van der Waals surface area (Å²) in [5, 5.41) is 9.09. The van der Waals surface area contributed by atoms with Crippen molar-refractivity contribution in [1.82, 2.24) is 13.9 Å². The van der Waals surface area contributed by atoms with Crippen LogP contribution in [0.25, 0.3) is 0 Å². The molecule has 2 atom stereocenters. The molecular formula is C13H21N3O4S. The zero-order chi connectivity index (χ0) is 15.8. The Balaban J connectivity index is 2.19. The SMILES string of the molecule is CC(C)Cn1cnc(S(=O)(=O)N2C[C@@H](C)[C@H](C(=O)O)C2)c1. The first-order valence-corrected chi connectivity index (χ1v) is 8.40. The molecule has 1 aliphatic rings. The molecule has 0 aromatic carbocycles. The number of carboxylic acid groups (broad SMARTS) is 1. The van der Waals surface area contributed by atoms with Crippen molar-refractivity contribution in [2.45, 2.75) is 32.3 Å². The molecule has 0 bridgehead atoms. The highest BCUT2D eigenvalue weighted by molar-refractivity contribution is 7.89. The molecule has 2 rings (SSSR count). The zero-order valence-electron chi connectivity index (χ0n) is 12.4. The van der Waals surface area contributed by atoms with Gasteiger partial charge in [0.1, 0.15) is 0 Å². The van der Waals surface area contributed by atoms with Gasteiger partial charge >= 0.3 is 5.97 Å². The number of aliphatic carboxylic acids is 1. The van der Waals surface area contributed by atoms with Gasteiger partial charge in [0.15, 0.2) is 5.03 Å². The van der Waals surface area contributed by atoms with Gasteiger partial charge < -0.3 is 9.67 Å². The highest BCUT2D eigenvalue weighted by atomic mass is 32.2. The Kier molecular flexibility index (Phi) is 4.38. The van der Waals surface area contributed by atoms with Crippen LogP contribution >= 0.6 is 0 Å². The molecule has 0 spiro atoms. The van der Waals surface area contributed by atoms with Gasteiger partial charge in [-0.2, -0.15) is 4.31 Å². The molecule has 8 heteroatoms. The normalized spacial score (nSPS) is 23.8. The smallest absolute Gasteiger partial charge is 0.308 e. The number of rotatable bonds is 5. The summed E-state index contributed by atoms with van der Waals surface area (Å²) in [6.45, 7) is 6.75. The monoisotopic (exact) mass is 315 g/mol. The van der Waals surface area contributed by atoms with Crippen molar-refractivity contribution in [3.63, 3.8) is 0 Å². The van der Waals surface area contributed by atoms with Crippen molar-refractivity contribution in [2.24, 2.45) is 17.8 Å². The molecule has 0 aliphatic carbocycles. The van der Waals surface area contributed by atoms with Crippen LogP contribution in [-0.4, -0.2) is 46.4 Å². The van der Waals surface area contributed by atoms with Gasteiger partial charge in [0, 0.05) is 25.8 Å². The van der Waals surface area contributed by atoms with Crippen molar-refractivity contribution in [1.29, 1.82) is 0 Å². The van der Waals surface area contributed by atoms with Gasteiger partial charge in [0.05, 0.1) is 12.2 Å². The second-order valence-electron chi connectivity index (χ2n) is 6.05. The topological polar surface area (TPSA) is 92.5 Å². The number of aromatic nitrogens is 2. The van der Waals surface area contributed by atoms with Crippen LogP contribution < -0.4 is 0 Å². The van der Waals surface area contributed by atoms with Gasteiger partial charge in [-0.1, -0.05) is 20.8 Å². The van der Waals surface area contributed by atoms with Crippen molar-refractivity contribution in [3.05, 3.63) is 12.5 Å². The quantitative estimate of drug-likeness (QED) is 0.870. The number of imidazole rings is 1. The first-order chi connectivity index (χ1) is 9.71. The van der Waals surface area contributed by atoms with Crippen LogP contribution in [0.4, 0.5) is 0 Å². The minimum Gasteiger partial charge on any atom is -0.481 e. The lowest BCUT2D eigenvalue weighted by molar-refractivity contribution is -0.142. The fourth-order valence-electron chi connectivity index (χ4n) is 2.57. The van der Waals surface area contributed by atoms with E-state index < -0.39 is 21.9 Å². The average molecular weight is 315 g/mol. The molecule has 1 saturated heterocycles. The van der Waals surface area contributed by atoms with Crippen LogP contribution in [0.5, 0.6) is 0 Å². The Morgan fingerprint density at radius 2 is 2.14 bits per heavy atom. The summed E-state index contributed by atoms with van der Waals surface area (Å²) in [6, 6.07) is 0. The minimum absolute atomic E-state index is 0.00980. The van der Waals surface area contributed by atoms with Gasteiger partial charge in [-0.15, -0.1) is 0 Å². The molecule has 1 aromatic heterocycles. The zero-order valence-corrected chi connectivity index (χ0v) is 13.2. The molecule has 0 saturated carbocycles. The molecule has 0 unspecified atom stereocenters. The molecule has 21 heavy (non-hydrogen) atoms. The van der Waals surface area contributed by atoms with Gasteiger partial charge in [0.25, 0.3) is 10.0 Å². The lowest BCUT2D eigenvalue weighted by atomic mass is 9.99. The largest absolute Gasteiger partial charge is 0.481 e. The molecule has 1 aromatic rings. The maximum atomic E-state index is 12.5. The highest BCUT2D eigenvalue weighted by Gasteiger charge is 2.41. The van der Waals surface area contributed by atoms with E-state index in [9.17, 15) is 13.2 Å². The number of hydrogen-bond acceptors (Lipinski definition) is 4. The second kappa shape index (κ2) is 5.76. The summed E-state index contributed by atoms with van der Waals surface area (Å²) in [4.78, 5) is 15.1. The number of sulfonamides is 1. The number of nitrogens with zero attached hydrogens (tertiary/aromatic N) is 3. The predicted molar refractivity (Wildman–Crippen MR) is 76.1 cm³/mol. The third-order valence-corrected chi connectivity index (χ3v) is 5.40. The Labute approximate surface area is 124 Å². The van der Waals surface area contributed by atoms with E-state index in [4.69, 9.17) is 5.11 Å². The van der Waals surface area contributed by atoms with E-state index in [1.54, 1.807) is 11.5 Å². The van der Waals surface area contributed by atoms with E-state index >= 15 is 0 Å². The fourth-order valence-corrected chi connectivity index (χ4v) is 4.07. The second-order valence-corrected chi connectivity index (χ2v) is 7.93. The third-order valence-electron chi connectivity index (χ3n) is 3.69. The molecule has 1 fully saturated rings. The van der Waals surface area contributed by atoms with Crippen molar-refractivity contribution >= 4 is 16.0 Å². The van der Waals surface area contributed by atoms with Crippen LogP contribution in [0.2, 0.25) is 0 Å². The van der Waals surface area contributed by atoms with Crippen LogP contribution in [0.3, 0.4) is 0 Å². The molecule has 7 nitrogen and oxygen atoms in total. The molecule has 0 amide bonds. The summed E-state index contributed by atoms with van der Waals surface area (Å²) in [7, 11) is -3.71. The van der Waals surface area contributed by atoms with Gasteiger partial charge in [-0.05, 0) is 11.8 Å². The van der Waals surface area contributed by atoms with E-state index in [0.29, 0.717) is 12.5 Å². The maximum absolute atomic E-state index is 12.5. The van der Waals surface area contributed by atoms with Crippen molar-refractivity contribution < 1.29 is 18.3 Å². The van der Waals surface area contributed by atoms with E-state index in [1.165, 1.54) is 16.8 Å². The summed E-state index contributed by atoms with van der Waals surface area (Å²) in [6.07, 6.45) is 3.01. The Morgan fingerprint density at radius 1 is 1.48 bits per heavy atom. The molecule has 0 radical (unpaired) electrons. The first kappa shape index (κ1) is 16.0. The summed E-state index contributed by atoms with van der Waals surface area (Å²) < 4.78 is 28.0. The summed E-state index contributed by atoms with van der Waals surface area (Å²) >= 11 is 0. The Hall–Kier alpha value is -1.41. The van der Waals surface area contributed by atoms with E-state index in [0.717, 1.165) is 0 Å². The van der Waals surface area contributed by atoms with E-state index in [2.05, 4.69) is 4.98 Å². The fraction of sp³-hybridized carbons (Fsp3) is 0.692. The highest BCUT2D eigenvalue weighted by Crippen LogP contribution is 2.28. The molecule has 118 valence electrons. The molecule has 2 heterocycles. The molecular weight excluding hydrogens is 294 g/mol. The van der Waals surface area contributed by atoms with Crippen LogP contribution in [0.15, 0.2) is 17.6 Å².